The van der Waals surface area contributed by atoms with Crippen LogP contribution in [-0.4, -0.2) is 33.0 Å². The molecule has 0 aliphatic carbocycles. The Hall–Kier alpha value is -1.26. The quantitative estimate of drug-likeness (QED) is 0.781. The summed E-state index contributed by atoms with van der Waals surface area (Å²) < 4.78 is 10.7. The first kappa shape index (κ1) is 14.8. The van der Waals surface area contributed by atoms with Gasteiger partial charge in [0.15, 0.2) is 0 Å². The van der Waals surface area contributed by atoms with E-state index in [1.54, 1.807) is 14.2 Å². The molecule has 0 aliphatic heterocycles. The molecule has 0 saturated heterocycles. The Bertz CT molecular complexity index is 380. The highest BCUT2D eigenvalue weighted by molar-refractivity contribution is 5.47. The Balaban J connectivity index is 3.11. The summed E-state index contributed by atoms with van der Waals surface area (Å²) in [4.78, 5) is 0. The van der Waals surface area contributed by atoms with E-state index in [0.717, 1.165) is 35.5 Å². The fourth-order valence-electron chi connectivity index (χ4n) is 2.20. The lowest BCUT2D eigenvalue weighted by atomic mass is 9.96. The number of rotatable bonds is 7. The van der Waals surface area contributed by atoms with Gasteiger partial charge in [-0.1, -0.05) is 0 Å². The van der Waals surface area contributed by atoms with Crippen molar-refractivity contribution in [3.63, 3.8) is 0 Å². The molecule has 4 heteroatoms. The van der Waals surface area contributed by atoms with Crippen molar-refractivity contribution in [1.29, 1.82) is 0 Å². The first-order valence-electron chi connectivity index (χ1n) is 6.18. The predicted octanol–water partition coefficient (Wildman–Crippen LogP) is 2.05. The number of aliphatic hydroxyl groups is 1. The molecule has 102 valence electrons. The van der Waals surface area contributed by atoms with Gasteiger partial charge >= 0.3 is 0 Å². The minimum Gasteiger partial charge on any atom is -0.497 e. The van der Waals surface area contributed by atoms with Gasteiger partial charge < -0.3 is 19.9 Å². The molecule has 0 aromatic heterocycles. The Kier molecular flexibility index (Phi) is 5.95. The number of nitrogens with one attached hydrogen (secondary N) is 1. The van der Waals surface area contributed by atoms with Gasteiger partial charge in [-0.2, -0.15) is 0 Å². The molecular weight excluding hydrogens is 230 g/mol. The third kappa shape index (κ3) is 3.37. The number of aryl methyl sites for hydroxylation is 1. The fraction of sp³-hybridized carbons (Fsp3) is 0.571. The van der Waals surface area contributed by atoms with Crippen LogP contribution >= 0.6 is 0 Å². The van der Waals surface area contributed by atoms with Crippen LogP contribution in [0.5, 0.6) is 11.5 Å². The van der Waals surface area contributed by atoms with Crippen molar-refractivity contribution in [2.45, 2.75) is 25.8 Å². The average Bonchev–Trinajstić information content (AvgIpc) is 2.40. The van der Waals surface area contributed by atoms with Crippen LogP contribution in [0.3, 0.4) is 0 Å². The standard InChI is InChI=1S/C14H23NO3/c1-10-8-11(17-3)9-13(18-4)14(10)12(15-2)6-5-7-16/h8-9,12,15-16H,5-7H2,1-4H3. The summed E-state index contributed by atoms with van der Waals surface area (Å²) >= 11 is 0. The summed E-state index contributed by atoms with van der Waals surface area (Å²) in [5.74, 6) is 1.62. The molecule has 0 fully saturated rings. The van der Waals surface area contributed by atoms with Crippen molar-refractivity contribution in [1.82, 2.24) is 5.32 Å². The Morgan fingerprint density at radius 1 is 1.28 bits per heavy atom. The Morgan fingerprint density at radius 3 is 2.50 bits per heavy atom. The van der Waals surface area contributed by atoms with E-state index in [1.807, 2.05) is 26.1 Å². The second-order valence-corrected chi connectivity index (χ2v) is 4.27. The molecule has 0 bridgehead atoms. The molecule has 0 heterocycles. The van der Waals surface area contributed by atoms with Gasteiger partial charge in [0.05, 0.1) is 14.2 Å². The van der Waals surface area contributed by atoms with Crippen LogP contribution in [0.2, 0.25) is 0 Å². The summed E-state index contributed by atoms with van der Waals surface area (Å²) in [5, 5.41) is 12.2. The van der Waals surface area contributed by atoms with Crippen molar-refractivity contribution in [2.75, 3.05) is 27.9 Å². The minimum absolute atomic E-state index is 0.179. The van der Waals surface area contributed by atoms with Gasteiger partial charge in [-0.05, 0) is 38.4 Å². The fourth-order valence-corrected chi connectivity index (χ4v) is 2.20. The van der Waals surface area contributed by atoms with Crippen LogP contribution in [0.1, 0.15) is 30.0 Å². The molecule has 1 rings (SSSR count). The molecule has 1 atom stereocenters. The molecule has 2 N–H and O–H groups in total. The van der Waals surface area contributed by atoms with E-state index in [9.17, 15) is 0 Å². The van der Waals surface area contributed by atoms with Crippen LogP contribution in [0, 0.1) is 6.92 Å². The summed E-state index contributed by atoms with van der Waals surface area (Å²) in [6.07, 6.45) is 1.64. The van der Waals surface area contributed by atoms with E-state index in [4.69, 9.17) is 14.6 Å². The first-order valence-corrected chi connectivity index (χ1v) is 6.18. The molecule has 1 aromatic carbocycles. The van der Waals surface area contributed by atoms with Crippen molar-refractivity contribution < 1.29 is 14.6 Å². The largest absolute Gasteiger partial charge is 0.497 e. The zero-order valence-corrected chi connectivity index (χ0v) is 11.6. The van der Waals surface area contributed by atoms with Gasteiger partial charge in [0.25, 0.3) is 0 Å². The van der Waals surface area contributed by atoms with Crippen LogP contribution in [0.4, 0.5) is 0 Å². The van der Waals surface area contributed by atoms with Gasteiger partial charge in [-0.15, -0.1) is 0 Å². The smallest absolute Gasteiger partial charge is 0.127 e. The molecule has 0 aliphatic rings. The monoisotopic (exact) mass is 253 g/mol. The molecule has 1 unspecified atom stereocenters. The molecule has 0 saturated carbocycles. The van der Waals surface area contributed by atoms with Crippen molar-refractivity contribution in [3.05, 3.63) is 23.3 Å². The van der Waals surface area contributed by atoms with Gasteiger partial charge in [-0.25, -0.2) is 0 Å². The highest BCUT2D eigenvalue weighted by Gasteiger charge is 2.18. The van der Waals surface area contributed by atoms with Gasteiger partial charge in [0.1, 0.15) is 11.5 Å². The van der Waals surface area contributed by atoms with Crippen LogP contribution in [-0.2, 0) is 0 Å². The maximum atomic E-state index is 8.96. The number of ether oxygens (including phenoxy) is 2. The Morgan fingerprint density at radius 2 is 2.00 bits per heavy atom. The normalized spacial score (nSPS) is 12.3. The van der Waals surface area contributed by atoms with Crippen molar-refractivity contribution >= 4 is 0 Å². The van der Waals surface area contributed by atoms with Crippen molar-refractivity contribution in [3.8, 4) is 11.5 Å². The van der Waals surface area contributed by atoms with E-state index in [-0.39, 0.29) is 12.6 Å². The van der Waals surface area contributed by atoms with E-state index in [0.29, 0.717) is 0 Å². The average molecular weight is 253 g/mol. The zero-order chi connectivity index (χ0) is 13.5. The van der Waals surface area contributed by atoms with Crippen LogP contribution in [0.15, 0.2) is 12.1 Å². The number of aliphatic hydroxyl groups excluding tert-OH is 1. The van der Waals surface area contributed by atoms with Gasteiger partial charge in [0, 0.05) is 24.3 Å². The van der Waals surface area contributed by atoms with Crippen LogP contribution < -0.4 is 14.8 Å². The lowest BCUT2D eigenvalue weighted by molar-refractivity contribution is 0.275. The molecule has 4 nitrogen and oxygen atoms in total. The second kappa shape index (κ2) is 7.24. The maximum absolute atomic E-state index is 8.96. The lowest BCUT2D eigenvalue weighted by Gasteiger charge is -2.22. The summed E-state index contributed by atoms with van der Waals surface area (Å²) in [7, 11) is 5.23. The first-order chi connectivity index (χ1) is 8.67. The number of hydrogen-bond donors (Lipinski definition) is 2. The number of benzene rings is 1. The van der Waals surface area contributed by atoms with Crippen LogP contribution in [0.25, 0.3) is 0 Å². The molecule has 18 heavy (non-hydrogen) atoms. The van der Waals surface area contributed by atoms with E-state index < -0.39 is 0 Å². The molecule has 0 spiro atoms. The predicted molar refractivity (Wildman–Crippen MR) is 72.4 cm³/mol. The maximum Gasteiger partial charge on any atom is 0.127 e. The Labute approximate surface area is 109 Å². The molecular formula is C14H23NO3. The second-order valence-electron chi connectivity index (χ2n) is 4.27. The van der Waals surface area contributed by atoms with E-state index in [2.05, 4.69) is 5.32 Å². The zero-order valence-electron chi connectivity index (χ0n) is 11.6. The third-order valence-corrected chi connectivity index (χ3v) is 3.13. The van der Waals surface area contributed by atoms with E-state index in [1.165, 1.54) is 0 Å². The number of hydrogen-bond acceptors (Lipinski definition) is 4. The lowest BCUT2D eigenvalue weighted by Crippen LogP contribution is -2.18. The molecule has 0 amide bonds. The highest BCUT2D eigenvalue weighted by atomic mass is 16.5. The van der Waals surface area contributed by atoms with Gasteiger partial charge in [-0.3, -0.25) is 0 Å². The van der Waals surface area contributed by atoms with E-state index >= 15 is 0 Å². The summed E-state index contributed by atoms with van der Waals surface area (Å²) in [6, 6.07) is 4.07. The molecule has 1 aromatic rings. The van der Waals surface area contributed by atoms with Gasteiger partial charge in [0.2, 0.25) is 0 Å². The summed E-state index contributed by atoms with van der Waals surface area (Å²) in [6.45, 7) is 2.25. The highest BCUT2D eigenvalue weighted by Crippen LogP contribution is 2.34. The number of methoxy groups -OCH3 is 2. The summed E-state index contributed by atoms with van der Waals surface area (Å²) in [5.41, 5.74) is 2.26. The topological polar surface area (TPSA) is 50.7 Å². The third-order valence-electron chi connectivity index (χ3n) is 3.13. The van der Waals surface area contributed by atoms with Crippen molar-refractivity contribution in [2.24, 2.45) is 0 Å². The SMILES string of the molecule is CNC(CCCO)c1c(C)cc(OC)cc1OC. The minimum atomic E-state index is 0.179. The molecule has 0 radical (unpaired) electrons.